The van der Waals surface area contributed by atoms with Gasteiger partial charge in [0.25, 0.3) is 0 Å². The monoisotopic (exact) mass is 582 g/mol. The fraction of sp³-hybridized carbons (Fsp3) is 0.568. The number of hydrogen-bond acceptors (Lipinski definition) is 6. The number of aliphatic hydroxyl groups is 1. The van der Waals surface area contributed by atoms with Gasteiger partial charge in [0.05, 0.1) is 7.11 Å². The van der Waals surface area contributed by atoms with Crippen molar-refractivity contribution >= 4 is 0 Å². The van der Waals surface area contributed by atoms with Crippen LogP contribution in [0.1, 0.15) is 60.8 Å². The maximum absolute atomic E-state index is 10.6. The Labute approximate surface area is 256 Å². The highest BCUT2D eigenvalue weighted by Crippen LogP contribution is 2.62. The van der Waals surface area contributed by atoms with Crippen LogP contribution in [0, 0.1) is 11.8 Å². The summed E-state index contributed by atoms with van der Waals surface area (Å²) in [5, 5.41) is 20.5. The standard InChI is InChI=1S/C19H25NO.C18H21NO3/c1-2-10-20-11-9-19-8-4-3-5-16(19)18(20)12-14-6-7-15(21)13-17(14)19;1-19-8-7-18-11-4-5-13(20)17(18)22-16-14(21-2)6-3-10(15(16)18)9-12(11)19/h2,6-7,13,16,18,21H,1,3-5,8-12H2;3-6,11-13,17,20H,7-9H2,1-2H3/t16-,18+,19+;11-,12+,13-,17-,18-/m00/s1. The second kappa shape index (κ2) is 10.1. The molecule has 6 heteroatoms. The first-order chi connectivity index (χ1) is 20.9. The fourth-order valence-corrected chi connectivity index (χ4v) is 10.9. The molecule has 8 atom stereocenters. The second-order valence-electron chi connectivity index (χ2n) is 14.3. The number of benzene rings is 2. The Morgan fingerprint density at radius 3 is 2.72 bits per heavy atom. The zero-order chi connectivity index (χ0) is 29.5. The van der Waals surface area contributed by atoms with E-state index >= 15 is 0 Å². The maximum atomic E-state index is 10.6. The summed E-state index contributed by atoms with van der Waals surface area (Å²) in [6.07, 6.45) is 15.4. The van der Waals surface area contributed by atoms with Crippen LogP contribution in [0.25, 0.3) is 0 Å². The fourth-order valence-electron chi connectivity index (χ4n) is 10.9. The molecule has 3 aliphatic heterocycles. The van der Waals surface area contributed by atoms with Crippen LogP contribution in [0.3, 0.4) is 0 Å². The van der Waals surface area contributed by atoms with Gasteiger partial charge in [-0.3, -0.25) is 4.90 Å². The van der Waals surface area contributed by atoms with Crippen LogP contribution in [-0.2, 0) is 23.7 Å². The Hall–Kier alpha value is -2.80. The molecule has 0 radical (unpaired) electrons. The molecule has 3 fully saturated rings. The molecule has 6 nitrogen and oxygen atoms in total. The quantitative estimate of drug-likeness (QED) is 0.489. The zero-order valence-corrected chi connectivity index (χ0v) is 25.7. The van der Waals surface area contributed by atoms with Crippen LogP contribution < -0.4 is 9.47 Å². The molecular formula is C37H46N2O4. The van der Waals surface area contributed by atoms with Gasteiger partial charge < -0.3 is 24.6 Å². The van der Waals surface area contributed by atoms with Gasteiger partial charge in [-0.1, -0.05) is 43.2 Å². The van der Waals surface area contributed by atoms with Crippen LogP contribution >= 0.6 is 0 Å². The van der Waals surface area contributed by atoms with Crippen molar-refractivity contribution < 1.29 is 19.7 Å². The summed E-state index contributed by atoms with van der Waals surface area (Å²) in [5.41, 5.74) is 5.89. The third-order valence-electron chi connectivity index (χ3n) is 12.7. The van der Waals surface area contributed by atoms with Gasteiger partial charge in [-0.05, 0) is 99.5 Å². The normalized spacial score (nSPS) is 38.0. The minimum absolute atomic E-state index is 0.0806. The minimum Gasteiger partial charge on any atom is -0.508 e. The van der Waals surface area contributed by atoms with Gasteiger partial charge in [0, 0.05) is 40.9 Å². The van der Waals surface area contributed by atoms with Gasteiger partial charge in [0.15, 0.2) is 11.5 Å². The molecule has 4 aliphatic carbocycles. The number of likely N-dealkylation sites (N-methyl/N-ethyl adjacent to an activating group) is 1. The minimum atomic E-state index is -0.539. The van der Waals surface area contributed by atoms with E-state index in [-0.39, 0.29) is 11.5 Å². The van der Waals surface area contributed by atoms with Gasteiger partial charge in [-0.15, -0.1) is 6.58 Å². The number of fused-ring (bicyclic) bond motifs is 1. The summed E-state index contributed by atoms with van der Waals surface area (Å²) in [5.74, 6) is 3.31. The number of phenols is 1. The van der Waals surface area contributed by atoms with Crippen molar-refractivity contribution in [1.82, 2.24) is 9.80 Å². The van der Waals surface area contributed by atoms with E-state index in [1.54, 1.807) is 7.11 Å². The molecule has 43 heavy (non-hydrogen) atoms. The van der Waals surface area contributed by atoms with Gasteiger partial charge in [-0.25, -0.2) is 0 Å². The topological polar surface area (TPSA) is 65.4 Å². The molecule has 0 aromatic heterocycles. The molecule has 0 amide bonds. The average Bonchev–Trinajstić information content (AvgIpc) is 3.38. The number of aliphatic hydroxyl groups excluding tert-OH is 1. The van der Waals surface area contributed by atoms with E-state index in [2.05, 4.69) is 53.8 Å². The Morgan fingerprint density at radius 1 is 1.05 bits per heavy atom. The highest BCUT2D eigenvalue weighted by molar-refractivity contribution is 5.62. The van der Waals surface area contributed by atoms with E-state index in [0.29, 0.717) is 29.2 Å². The highest BCUT2D eigenvalue weighted by atomic mass is 16.5. The number of nitrogens with zero attached hydrogens (tertiary/aromatic N) is 2. The molecule has 1 spiro atoms. The van der Waals surface area contributed by atoms with Crippen molar-refractivity contribution in [3.05, 3.63) is 77.4 Å². The number of aromatic hydroxyl groups is 1. The van der Waals surface area contributed by atoms with E-state index in [1.807, 2.05) is 18.2 Å². The molecule has 3 heterocycles. The first-order valence-corrected chi connectivity index (χ1v) is 16.5. The molecule has 4 bridgehead atoms. The van der Waals surface area contributed by atoms with E-state index in [4.69, 9.17) is 9.47 Å². The van der Waals surface area contributed by atoms with Gasteiger partial charge in [0.2, 0.25) is 0 Å². The lowest BCUT2D eigenvalue weighted by Gasteiger charge is -2.59. The summed E-state index contributed by atoms with van der Waals surface area (Å²) < 4.78 is 11.8. The van der Waals surface area contributed by atoms with Crippen molar-refractivity contribution in [2.45, 2.75) is 86.5 Å². The van der Waals surface area contributed by atoms with Crippen molar-refractivity contribution in [2.75, 3.05) is 33.8 Å². The van der Waals surface area contributed by atoms with Crippen molar-refractivity contribution in [1.29, 1.82) is 0 Å². The molecule has 2 N–H and O–H groups in total. The highest BCUT2D eigenvalue weighted by Gasteiger charge is 2.64. The number of methoxy groups -OCH3 is 1. The van der Waals surface area contributed by atoms with Crippen LogP contribution in [0.4, 0.5) is 0 Å². The van der Waals surface area contributed by atoms with Crippen LogP contribution in [-0.4, -0.2) is 78.1 Å². The Bertz CT molecular complexity index is 1470. The summed E-state index contributed by atoms with van der Waals surface area (Å²) in [6.45, 7) is 7.20. The van der Waals surface area contributed by atoms with Gasteiger partial charge >= 0.3 is 0 Å². The molecule has 2 saturated heterocycles. The van der Waals surface area contributed by atoms with Crippen LogP contribution in [0.5, 0.6) is 17.2 Å². The SMILES string of the molecule is C=CCN1CC[C@]23CCCC[C@H]2[C@H]1Cc1ccc(O)cc13.COc1ccc2c3c1O[C@H]1[C@@H](O)C=C[C@H]4[C@@H](C2)N(C)CC[C@@]341. The van der Waals surface area contributed by atoms with Crippen LogP contribution in [0.15, 0.2) is 55.1 Å². The molecule has 2 aromatic rings. The van der Waals surface area contributed by atoms with E-state index in [1.165, 1.54) is 60.9 Å². The zero-order valence-electron chi connectivity index (χ0n) is 25.7. The molecule has 2 aromatic carbocycles. The Morgan fingerprint density at radius 2 is 1.88 bits per heavy atom. The number of ether oxygens (including phenoxy) is 2. The molecule has 228 valence electrons. The lowest BCUT2D eigenvalue weighted by atomic mass is 9.52. The number of likely N-dealkylation sites (tertiary alicyclic amines) is 2. The maximum Gasteiger partial charge on any atom is 0.165 e. The summed E-state index contributed by atoms with van der Waals surface area (Å²) >= 11 is 0. The lowest BCUT2D eigenvalue weighted by molar-refractivity contribution is -0.0453. The van der Waals surface area contributed by atoms with Gasteiger partial charge in [-0.2, -0.15) is 0 Å². The molecular weight excluding hydrogens is 536 g/mol. The summed E-state index contributed by atoms with van der Waals surface area (Å²) in [4.78, 5) is 5.12. The van der Waals surface area contributed by atoms with Crippen molar-refractivity contribution in [3.63, 3.8) is 0 Å². The average molecular weight is 583 g/mol. The van der Waals surface area contributed by atoms with Crippen LogP contribution in [0.2, 0.25) is 0 Å². The first-order valence-electron chi connectivity index (χ1n) is 16.5. The molecule has 0 unspecified atom stereocenters. The number of rotatable bonds is 3. The second-order valence-corrected chi connectivity index (χ2v) is 14.3. The summed E-state index contributed by atoms with van der Waals surface area (Å²) in [7, 11) is 3.91. The summed E-state index contributed by atoms with van der Waals surface area (Å²) in [6, 6.07) is 11.5. The van der Waals surface area contributed by atoms with Gasteiger partial charge in [0.1, 0.15) is 18.0 Å². The third-order valence-corrected chi connectivity index (χ3v) is 12.7. The number of piperidine rings is 2. The molecule has 9 rings (SSSR count). The Balaban J connectivity index is 0.000000129. The largest absolute Gasteiger partial charge is 0.508 e. The molecule has 1 saturated carbocycles. The number of phenolic OH excluding ortho intramolecular Hbond substituents is 1. The predicted octanol–water partition coefficient (Wildman–Crippen LogP) is 5.14. The first kappa shape index (κ1) is 27.7. The third kappa shape index (κ3) is 3.82. The number of hydrogen-bond donors (Lipinski definition) is 2. The predicted molar refractivity (Wildman–Crippen MR) is 168 cm³/mol. The van der Waals surface area contributed by atoms with Crippen molar-refractivity contribution in [2.24, 2.45) is 11.8 Å². The molecule has 7 aliphatic rings. The van der Waals surface area contributed by atoms with Crippen molar-refractivity contribution in [3.8, 4) is 17.2 Å². The van der Waals surface area contributed by atoms with E-state index < -0.39 is 6.10 Å². The smallest absolute Gasteiger partial charge is 0.165 e. The van der Waals surface area contributed by atoms with E-state index in [0.717, 1.165) is 49.8 Å². The lowest BCUT2D eigenvalue weighted by Crippen LogP contribution is -2.64. The van der Waals surface area contributed by atoms with E-state index in [9.17, 15) is 10.2 Å². The Kier molecular flexibility index (Phi) is 6.52.